The molecule has 0 unspecified atom stereocenters. The summed E-state index contributed by atoms with van der Waals surface area (Å²) in [5, 5.41) is 11.5. The molecule has 1 heterocycles. The van der Waals surface area contributed by atoms with E-state index < -0.39 is 41.8 Å². The van der Waals surface area contributed by atoms with Crippen molar-refractivity contribution in [1.29, 1.82) is 0 Å². The Morgan fingerprint density at radius 3 is 1.96 bits per heavy atom. The van der Waals surface area contributed by atoms with Gasteiger partial charge in [-0.3, -0.25) is 14.4 Å². The zero-order chi connectivity index (χ0) is 32.8. The Hall–Kier alpha value is -4.73. The van der Waals surface area contributed by atoms with E-state index in [-0.39, 0.29) is 35.5 Å². The van der Waals surface area contributed by atoms with Crippen LogP contribution in [0.4, 0.5) is 0 Å². The van der Waals surface area contributed by atoms with Gasteiger partial charge >= 0.3 is 0 Å². The zero-order valence-electron chi connectivity index (χ0n) is 26.0. The molecule has 1 aliphatic carbocycles. The summed E-state index contributed by atoms with van der Waals surface area (Å²) >= 11 is 0. The van der Waals surface area contributed by atoms with Gasteiger partial charge in [0.15, 0.2) is 11.6 Å². The molecule has 0 radical (unpaired) electrons. The van der Waals surface area contributed by atoms with Gasteiger partial charge in [-0.15, -0.1) is 0 Å². The zero-order valence-corrected chi connectivity index (χ0v) is 26.0. The largest absolute Gasteiger partial charge is 0.507 e. The summed E-state index contributed by atoms with van der Waals surface area (Å²) in [7, 11) is 0. The molecule has 0 amide bonds. The van der Waals surface area contributed by atoms with Gasteiger partial charge in [0, 0.05) is 23.6 Å². The van der Waals surface area contributed by atoms with Crippen molar-refractivity contribution in [2.24, 2.45) is 0 Å². The van der Waals surface area contributed by atoms with E-state index in [1.54, 1.807) is 6.07 Å². The Labute approximate surface area is 273 Å². The van der Waals surface area contributed by atoms with E-state index in [1.807, 2.05) is 91.0 Å². The molecule has 240 valence electrons. The van der Waals surface area contributed by atoms with E-state index in [2.05, 4.69) is 0 Å². The number of carbonyl (C=O) groups is 3. The predicted octanol–water partition coefficient (Wildman–Crippen LogP) is 6.50. The number of phenolic OH excluding ortho intramolecular Hbond substituents is 1. The summed E-state index contributed by atoms with van der Waals surface area (Å²) in [6.45, 7) is 2.37. The van der Waals surface area contributed by atoms with Crippen LogP contribution in [0, 0.1) is 0 Å². The fourth-order valence-electron chi connectivity index (χ4n) is 6.02. The van der Waals surface area contributed by atoms with Crippen molar-refractivity contribution in [3.05, 3.63) is 148 Å². The molecule has 47 heavy (non-hydrogen) atoms. The van der Waals surface area contributed by atoms with Crippen LogP contribution in [0.3, 0.4) is 0 Å². The van der Waals surface area contributed by atoms with Crippen molar-refractivity contribution in [2.75, 3.05) is 6.61 Å². The maximum Gasteiger partial charge on any atom is 0.201 e. The number of rotatable bonds is 12. The highest BCUT2D eigenvalue weighted by Crippen LogP contribution is 2.42. The van der Waals surface area contributed by atoms with Gasteiger partial charge in [-0.25, -0.2) is 0 Å². The topological polar surface area (TPSA) is 108 Å². The summed E-state index contributed by atoms with van der Waals surface area (Å²) in [4.78, 5) is 38.2. The highest BCUT2D eigenvalue weighted by Gasteiger charge is 2.43. The monoisotopic (exact) mass is 632 g/mol. The molecule has 1 saturated heterocycles. The molecule has 8 heteroatoms. The second kappa shape index (κ2) is 14.8. The van der Waals surface area contributed by atoms with Crippen LogP contribution in [-0.4, -0.2) is 47.4 Å². The fourth-order valence-corrected chi connectivity index (χ4v) is 6.02. The molecule has 1 fully saturated rings. The molecular formula is C39H36O8. The quantitative estimate of drug-likeness (QED) is 0.176. The summed E-state index contributed by atoms with van der Waals surface area (Å²) in [6, 6.07) is 32.5. The maximum absolute atomic E-state index is 13.3. The van der Waals surface area contributed by atoms with Crippen LogP contribution in [0.25, 0.3) is 0 Å². The maximum atomic E-state index is 13.3. The molecule has 1 N–H and O–H groups in total. The molecule has 6 rings (SSSR count). The molecule has 0 bridgehead atoms. The molecule has 4 aromatic carbocycles. The van der Waals surface area contributed by atoms with Crippen LogP contribution in [0.15, 0.2) is 115 Å². The Balaban J connectivity index is 1.32. The summed E-state index contributed by atoms with van der Waals surface area (Å²) < 4.78 is 25.9. The Morgan fingerprint density at radius 1 is 0.787 bits per heavy atom. The van der Waals surface area contributed by atoms with Crippen LogP contribution >= 0.6 is 0 Å². The summed E-state index contributed by atoms with van der Waals surface area (Å²) in [5.74, 6) is -2.13. The molecule has 0 spiro atoms. The van der Waals surface area contributed by atoms with Gasteiger partial charge in [-0.05, 0) is 29.7 Å². The second-order valence-corrected chi connectivity index (χ2v) is 11.7. The molecular weight excluding hydrogens is 596 g/mol. The molecule has 4 aromatic rings. The van der Waals surface area contributed by atoms with Gasteiger partial charge in [0.2, 0.25) is 5.78 Å². The summed E-state index contributed by atoms with van der Waals surface area (Å²) in [6.07, 6.45) is -1.08. The minimum atomic E-state index is -0.738. The predicted molar refractivity (Wildman–Crippen MR) is 174 cm³/mol. The summed E-state index contributed by atoms with van der Waals surface area (Å²) in [5.41, 5.74) is 2.89. The van der Waals surface area contributed by atoms with Crippen molar-refractivity contribution in [3.8, 4) is 5.75 Å². The number of hydrogen-bond acceptors (Lipinski definition) is 8. The number of fused-ring (bicyclic) bond motifs is 1. The molecule has 4 atom stereocenters. The first-order valence-electron chi connectivity index (χ1n) is 15.6. The SMILES string of the molecule is CC(=O)C1=CC(=O)c2ccc([C@H]3C[C@@H](OCc4ccccc4)[C@H](OCc4ccccc4)[C@@H](COCc4ccccc4)O3)c(O)c2C1=O. The number of aromatic hydroxyl groups is 1. The number of ketones is 3. The van der Waals surface area contributed by atoms with Crippen LogP contribution in [0.2, 0.25) is 0 Å². The molecule has 0 aromatic heterocycles. The fraction of sp³-hybridized carbons (Fsp3) is 0.256. The van der Waals surface area contributed by atoms with Crippen LogP contribution in [0.1, 0.15) is 62.4 Å². The van der Waals surface area contributed by atoms with Gasteiger partial charge in [0.25, 0.3) is 0 Å². The van der Waals surface area contributed by atoms with Crippen LogP contribution in [-0.2, 0) is 43.6 Å². The minimum Gasteiger partial charge on any atom is -0.507 e. The van der Waals surface area contributed by atoms with Gasteiger partial charge in [0.1, 0.15) is 18.0 Å². The standard InChI is InChI=1S/C39H36O8/c1-25(40)31-19-32(41)29-17-18-30(37(42)36(29)38(31)43)33-20-34(45-22-27-13-7-3-8-14-27)39(46-23-28-15-9-4-10-16-28)35(47-33)24-44-21-26-11-5-2-6-12-26/h2-19,33-35,39,42H,20-24H2,1H3/t33-,34-,35-,39+/m1/s1. The lowest BCUT2D eigenvalue weighted by molar-refractivity contribution is -0.222. The number of allylic oxidation sites excluding steroid dienone is 2. The van der Waals surface area contributed by atoms with Crippen molar-refractivity contribution in [2.45, 2.75) is 57.6 Å². The third-order valence-corrected chi connectivity index (χ3v) is 8.45. The van der Waals surface area contributed by atoms with E-state index in [0.717, 1.165) is 22.8 Å². The van der Waals surface area contributed by atoms with E-state index in [4.69, 9.17) is 18.9 Å². The third kappa shape index (κ3) is 7.48. The average molecular weight is 633 g/mol. The average Bonchev–Trinajstić information content (AvgIpc) is 3.09. The van der Waals surface area contributed by atoms with Crippen molar-refractivity contribution in [1.82, 2.24) is 0 Å². The number of phenols is 1. The molecule has 8 nitrogen and oxygen atoms in total. The lowest BCUT2D eigenvalue weighted by atomic mass is 9.84. The van der Waals surface area contributed by atoms with Gasteiger partial charge in [0.05, 0.1) is 49.8 Å². The normalized spacial score (nSPS) is 20.8. The smallest absolute Gasteiger partial charge is 0.201 e. The van der Waals surface area contributed by atoms with Gasteiger partial charge in [-0.1, -0.05) is 97.1 Å². The number of carbonyl (C=O) groups excluding carboxylic acids is 3. The van der Waals surface area contributed by atoms with Gasteiger partial charge < -0.3 is 24.1 Å². The first-order valence-corrected chi connectivity index (χ1v) is 15.6. The molecule has 2 aliphatic rings. The Morgan fingerprint density at radius 2 is 1.36 bits per heavy atom. The number of hydrogen-bond donors (Lipinski definition) is 1. The number of benzene rings is 4. The molecule has 0 saturated carbocycles. The lowest BCUT2D eigenvalue weighted by Gasteiger charge is -2.42. The third-order valence-electron chi connectivity index (χ3n) is 8.45. The van der Waals surface area contributed by atoms with E-state index in [9.17, 15) is 19.5 Å². The lowest BCUT2D eigenvalue weighted by Crippen LogP contribution is -2.50. The van der Waals surface area contributed by atoms with Crippen molar-refractivity contribution in [3.63, 3.8) is 0 Å². The van der Waals surface area contributed by atoms with E-state index in [0.29, 0.717) is 25.4 Å². The minimum absolute atomic E-state index is 0.0424. The highest BCUT2D eigenvalue weighted by molar-refractivity contribution is 6.35. The van der Waals surface area contributed by atoms with E-state index in [1.165, 1.54) is 13.0 Å². The van der Waals surface area contributed by atoms with Crippen molar-refractivity contribution < 1.29 is 38.4 Å². The van der Waals surface area contributed by atoms with Crippen LogP contribution < -0.4 is 0 Å². The first-order chi connectivity index (χ1) is 22.9. The van der Waals surface area contributed by atoms with Crippen LogP contribution in [0.5, 0.6) is 5.75 Å². The number of Topliss-reactive ketones (excluding diaryl/α,β-unsaturated/α-hetero) is 2. The van der Waals surface area contributed by atoms with Crippen molar-refractivity contribution >= 4 is 17.3 Å². The van der Waals surface area contributed by atoms with Gasteiger partial charge in [-0.2, -0.15) is 0 Å². The van der Waals surface area contributed by atoms with E-state index >= 15 is 0 Å². The first kappa shape index (κ1) is 32.2. The Bertz CT molecular complexity index is 1750. The Kier molecular flexibility index (Phi) is 10.1. The molecule has 1 aliphatic heterocycles. The highest BCUT2D eigenvalue weighted by atomic mass is 16.6. The second-order valence-electron chi connectivity index (χ2n) is 11.7. The number of ether oxygens (including phenoxy) is 4.